The molecule has 10 heteroatoms. The molecule has 3 N–H and O–H groups in total. The summed E-state index contributed by atoms with van der Waals surface area (Å²) in [7, 11) is -2.57. The maximum absolute atomic E-state index is 13.0. The van der Waals surface area contributed by atoms with Crippen molar-refractivity contribution in [1.82, 2.24) is 15.3 Å². The van der Waals surface area contributed by atoms with Crippen LogP contribution in [0.4, 0.5) is 0 Å². The van der Waals surface area contributed by atoms with Gasteiger partial charge in [-0.25, -0.2) is 13.9 Å². The molecule has 0 radical (unpaired) electrons. The van der Waals surface area contributed by atoms with Crippen LogP contribution in [0.2, 0.25) is 0 Å². The fraction of sp³-hybridized carbons (Fsp3) is 0.278. The summed E-state index contributed by atoms with van der Waals surface area (Å²) in [5, 5.41) is 8.95. The molecule has 1 aliphatic heterocycles. The average Bonchev–Trinajstić information content (AvgIpc) is 3.14. The van der Waals surface area contributed by atoms with Crippen LogP contribution in [0.25, 0.3) is 0 Å². The minimum Gasteiger partial charge on any atom is -0.457 e. The van der Waals surface area contributed by atoms with E-state index in [4.69, 9.17) is 14.8 Å². The number of ether oxygens (including phenoxy) is 1. The molecule has 150 valence electrons. The van der Waals surface area contributed by atoms with Gasteiger partial charge < -0.3 is 9.57 Å². The van der Waals surface area contributed by atoms with Crippen molar-refractivity contribution >= 4 is 15.9 Å². The van der Waals surface area contributed by atoms with E-state index in [1.165, 1.54) is 24.7 Å². The number of sulfonamides is 1. The molecule has 1 aliphatic rings. The SMILES string of the molecule is CONC1C[C@H](C(=O)NO)N(S(=O)(=O)c2ccc(Oc3ccccc3)cc2)C1. The predicted molar refractivity (Wildman–Crippen MR) is 99.1 cm³/mol. The highest BCUT2D eigenvalue weighted by Gasteiger charge is 2.44. The highest BCUT2D eigenvalue weighted by Crippen LogP contribution is 2.29. The Bertz CT molecular complexity index is 905. The Balaban J connectivity index is 1.81. The van der Waals surface area contributed by atoms with E-state index < -0.39 is 22.0 Å². The summed E-state index contributed by atoms with van der Waals surface area (Å²) in [6.45, 7) is 0.0243. The van der Waals surface area contributed by atoms with Crippen molar-refractivity contribution in [2.75, 3.05) is 13.7 Å². The van der Waals surface area contributed by atoms with Gasteiger partial charge in [-0.05, 0) is 42.8 Å². The molecular formula is C18H21N3O6S. The van der Waals surface area contributed by atoms with Gasteiger partial charge in [-0.15, -0.1) is 0 Å². The number of rotatable bonds is 7. The summed E-state index contributed by atoms with van der Waals surface area (Å²) in [6.07, 6.45) is 0.161. The van der Waals surface area contributed by atoms with Crippen LogP contribution in [0.3, 0.4) is 0 Å². The lowest BCUT2D eigenvalue weighted by molar-refractivity contribution is -0.132. The minimum absolute atomic E-state index is 0.0155. The van der Waals surface area contributed by atoms with Crippen molar-refractivity contribution in [3.8, 4) is 11.5 Å². The van der Waals surface area contributed by atoms with E-state index in [-0.39, 0.29) is 23.9 Å². The second-order valence-electron chi connectivity index (χ2n) is 6.21. The molecular weight excluding hydrogens is 386 g/mol. The Kier molecular flexibility index (Phi) is 6.27. The van der Waals surface area contributed by atoms with Gasteiger partial charge in [-0.3, -0.25) is 10.0 Å². The summed E-state index contributed by atoms with van der Waals surface area (Å²) >= 11 is 0. The Morgan fingerprint density at radius 2 is 1.75 bits per heavy atom. The number of carbonyl (C=O) groups is 1. The molecule has 1 unspecified atom stereocenters. The van der Waals surface area contributed by atoms with Crippen molar-refractivity contribution in [2.24, 2.45) is 0 Å². The van der Waals surface area contributed by atoms with Crippen molar-refractivity contribution in [3.63, 3.8) is 0 Å². The topological polar surface area (TPSA) is 117 Å². The molecule has 0 bridgehead atoms. The van der Waals surface area contributed by atoms with E-state index in [1.54, 1.807) is 24.3 Å². The minimum atomic E-state index is -3.97. The van der Waals surface area contributed by atoms with Gasteiger partial charge in [0.05, 0.1) is 12.0 Å². The van der Waals surface area contributed by atoms with Gasteiger partial charge >= 0.3 is 0 Å². The van der Waals surface area contributed by atoms with Crippen LogP contribution < -0.4 is 15.7 Å². The van der Waals surface area contributed by atoms with Crippen molar-refractivity contribution < 1.29 is 28.0 Å². The van der Waals surface area contributed by atoms with E-state index in [1.807, 2.05) is 18.2 Å². The fourth-order valence-electron chi connectivity index (χ4n) is 3.08. The molecule has 0 aromatic heterocycles. The molecule has 3 rings (SSSR count). The first-order chi connectivity index (χ1) is 13.5. The van der Waals surface area contributed by atoms with Gasteiger partial charge in [-0.1, -0.05) is 18.2 Å². The Hall–Kier alpha value is -2.50. The number of hydrogen-bond acceptors (Lipinski definition) is 7. The van der Waals surface area contributed by atoms with Crippen molar-refractivity contribution in [2.45, 2.75) is 23.4 Å². The molecule has 1 saturated heterocycles. The summed E-state index contributed by atoms with van der Waals surface area (Å²) in [6, 6.07) is 13.6. The predicted octanol–water partition coefficient (Wildman–Crippen LogP) is 1.27. The molecule has 1 heterocycles. The zero-order valence-corrected chi connectivity index (χ0v) is 15.9. The Morgan fingerprint density at radius 1 is 1.11 bits per heavy atom. The monoisotopic (exact) mass is 407 g/mol. The van der Waals surface area contributed by atoms with Gasteiger partial charge in [0.1, 0.15) is 17.5 Å². The Labute approximate surface area is 162 Å². The molecule has 9 nitrogen and oxygen atoms in total. The average molecular weight is 407 g/mol. The maximum atomic E-state index is 13.0. The van der Waals surface area contributed by atoms with Crippen molar-refractivity contribution in [1.29, 1.82) is 0 Å². The van der Waals surface area contributed by atoms with Crippen molar-refractivity contribution in [3.05, 3.63) is 54.6 Å². The maximum Gasteiger partial charge on any atom is 0.261 e. The lowest BCUT2D eigenvalue weighted by Gasteiger charge is -2.22. The summed E-state index contributed by atoms with van der Waals surface area (Å²) < 4.78 is 32.8. The van der Waals surface area contributed by atoms with E-state index in [0.29, 0.717) is 11.5 Å². The van der Waals surface area contributed by atoms with E-state index in [2.05, 4.69) is 5.48 Å². The highest BCUT2D eigenvalue weighted by atomic mass is 32.2. The number of amides is 1. The zero-order valence-electron chi connectivity index (χ0n) is 15.1. The van der Waals surface area contributed by atoms with Crippen LogP contribution in [0.15, 0.2) is 59.5 Å². The molecule has 2 aromatic rings. The number of nitrogens with zero attached hydrogens (tertiary/aromatic N) is 1. The molecule has 0 saturated carbocycles. The third-order valence-corrected chi connectivity index (χ3v) is 6.25. The number of para-hydroxylation sites is 1. The zero-order chi connectivity index (χ0) is 20.1. The molecule has 1 amide bonds. The van der Waals surface area contributed by atoms with E-state index in [0.717, 1.165) is 4.31 Å². The summed E-state index contributed by atoms with van der Waals surface area (Å²) in [4.78, 5) is 16.8. The van der Waals surface area contributed by atoms with Gasteiger partial charge in [0.15, 0.2) is 0 Å². The molecule has 0 aliphatic carbocycles. The quantitative estimate of drug-likeness (QED) is 0.467. The second-order valence-corrected chi connectivity index (χ2v) is 8.10. The van der Waals surface area contributed by atoms with Gasteiger partial charge in [0.25, 0.3) is 5.91 Å². The molecule has 2 aromatic carbocycles. The molecule has 0 spiro atoms. The first-order valence-electron chi connectivity index (χ1n) is 8.53. The number of nitrogens with one attached hydrogen (secondary N) is 2. The molecule has 2 atom stereocenters. The Morgan fingerprint density at radius 3 is 2.36 bits per heavy atom. The largest absolute Gasteiger partial charge is 0.457 e. The first-order valence-corrected chi connectivity index (χ1v) is 9.97. The fourth-order valence-corrected chi connectivity index (χ4v) is 4.72. The third kappa shape index (κ3) is 4.32. The number of hydroxylamine groups is 2. The third-order valence-electron chi connectivity index (χ3n) is 4.36. The standard InChI is InChI=1S/C18H21N3O6S/c1-26-20-13-11-17(18(22)19-23)21(12-13)28(24,25)16-9-7-15(8-10-16)27-14-5-3-2-4-6-14/h2-10,13,17,20,23H,11-12H2,1H3,(H,19,22)/t13?,17-/m1/s1. The van der Waals surface area contributed by atoms with Crippen LogP contribution in [0.1, 0.15) is 6.42 Å². The number of carbonyl (C=O) groups excluding carboxylic acids is 1. The van der Waals surface area contributed by atoms with Gasteiger partial charge in [0.2, 0.25) is 10.0 Å². The number of benzene rings is 2. The van der Waals surface area contributed by atoms with Gasteiger partial charge in [0, 0.05) is 12.6 Å². The molecule has 28 heavy (non-hydrogen) atoms. The van der Waals surface area contributed by atoms with Crippen LogP contribution in [0.5, 0.6) is 11.5 Å². The van der Waals surface area contributed by atoms with Gasteiger partial charge in [-0.2, -0.15) is 9.79 Å². The van der Waals surface area contributed by atoms with E-state index in [9.17, 15) is 13.2 Å². The van der Waals surface area contributed by atoms with Crippen LogP contribution in [-0.2, 0) is 19.7 Å². The van der Waals surface area contributed by atoms with E-state index >= 15 is 0 Å². The van der Waals surface area contributed by atoms with Crippen LogP contribution in [0, 0.1) is 0 Å². The first kappa shape index (κ1) is 20.2. The van der Waals surface area contributed by atoms with Crippen LogP contribution in [-0.4, -0.2) is 49.6 Å². The second kappa shape index (κ2) is 8.67. The lowest BCUT2D eigenvalue weighted by atomic mass is 10.2. The lowest BCUT2D eigenvalue weighted by Crippen LogP contribution is -2.45. The normalized spacial score (nSPS) is 20.1. The summed E-state index contributed by atoms with van der Waals surface area (Å²) in [5.41, 5.74) is 4.18. The van der Waals surface area contributed by atoms with Crippen LogP contribution >= 0.6 is 0 Å². The smallest absolute Gasteiger partial charge is 0.261 e. The summed E-state index contributed by atoms with van der Waals surface area (Å²) in [5.74, 6) is 0.314. The number of hydrogen-bond donors (Lipinski definition) is 3. The highest BCUT2D eigenvalue weighted by molar-refractivity contribution is 7.89. The molecule has 1 fully saturated rings.